The molecule has 6 aromatic carbocycles. The van der Waals surface area contributed by atoms with E-state index in [0.29, 0.717) is 22.5 Å². The smallest absolute Gasteiger partial charge is 0.134 e. The highest BCUT2D eigenvalue weighted by Crippen LogP contribution is 2.44. The lowest BCUT2D eigenvalue weighted by Crippen LogP contribution is -2.07. The van der Waals surface area contributed by atoms with Crippen LogP contribution in [0.5, 0.6) is 0 Å². The van der Waals surface area contributed by atoms with Crippen molar-refractivity contribution in [3.63, 3.8) is 0 Å². The summed E-state index contributed by atoms with van der Waals surface area (Å²) < 4.78 is 36.3. The minimum absolute atomic E-state index is 0.138. The molecule has 0 aliphatic rings. The van der Waals surface area contributed by atoms with Crippen LogP contribution in [0.1, 0.15) is 27.8 Å². The summed E-state index contributed by atoms with van der Waals surface area (Å²) in [6.07, 6.45) is 0. The van der Waals surface area contributed by atoms with Gasteiger partial charge in [-0.25, -0.2) is 8.78 Å². The lowest BCUT2D eigenvalue weighted by molar-refractivity contribution is 0.589. The highest BCUT2D eigenvalue weighted by atomic mass is 19.1. The van der Waals surface area contributed by atoms with E-state index in [1.54, 1.807) is 12.1 Å². The van der Waals surface area contributed by atoms with Crippen molar-refractivity contribution in [2.75, 3.05) is 0 Å². The van der Waals surface area contributed by atoms with Gasteiger partial charge in [0.1, 0.15) is 11.6 Å². The molecule has 0 unspecified atom stereocenters. The topological polar surface area (TPSA) is 33.6 Å². The van der Waals surface area contributed by atoms with Crippen LogP contribution >= 0.6 is 0 Å². The number of benzene rings is 6. The van der Waals surface area contributed by atoms with Crippen molar-refractivity contribution in [3.05, 3.63) is 143 Å². The maximum absolute atomic E-state index is 16.1. The number of rotatable bonds is 3. The first-order chi connectivity index (χ1) is 22.2. The predicted molar refractivity (Wildman–Crippen MR) is 184 cm³/mol. The molecule has 0 amide bonds. The molecular weight excluding hydrogens is 572 g/mol. The standard InChI is InChI=1S/C41H29F2N3/c1-23-8-12-34-28(16-23)29-17-24(2)9-13-35(29)45(34)38-20-27(22-44)21-39(41(38)40-32(42)6-5-7-33(40)43)46-36-14-10-25(3)18-30(36)31-19-26(4)11-15-37(31)46/h5-21H,1-4H3. The molecule has 0 bridgehead atoms. The van der Waals surface area contributed by atoms with Gasteiger partial charge < -0.3 is 9.13 Å². The molecular formula is C41H29F2N3. The van der Waals surface area contributed by atoms with Gasteiger partial charge in [0.05, 0.1) is 50.6 Å². The van der Waals surface area contributed by atoms with Gasteiger partial charge in [-0.2, -0.15) is 5.26 Å². The third-order valence-corrected chi connectivity index (χ3v) is 9.07. The molecule has 3 nitrogen and oxygen atoms in total. The number of halogens is 2. The van der Waals surface area contributed by atoms with E-state index in [-0.39, 0.29) is 5.56 Å². The lowest BCUT2D eigenvalue weighted by Gasteiger charge is -2.21. The van der Waals surface area contributed by atoms with E-state index in [2.05, 4.69) is 67.2 Å². The van der Waals surface area contributed by atoms with Gasteiger partial charge in [0.25, 0.3) is 0 Å². The minimum atomic E-state index is -0.674. The SMILES string of the molecule is Cc1ccc2c(c1)c1cc(C)ccc1n2-c1cc(C#N)cc(-n2c3ccc(C)cc3c3cc(C)ccc32)c1-c1c(F)cccc1F. The molecule has 8 aromatic rings. The fourth-order valence-electron chi connectivity index (χ4n) is 7.04. The van der Waals surface area contributed by atoms with Crippen LogP contribution in [0.4, 0.5) is 8.78 Å². The summed E-state index contributed by atoms with van der Waals surface area (Å²) in [4.78, 5) is 0. The molecule has 0 radical (unpaired) electrons. The van der Waals surface area contributed by atoms with Crippen molar-refractivity contribution in [2.45, 2.75) is 27.7 Å². The van der Waals surface area contributed by atoms with Crippen LogP contribution < -0.4 is 0 Å². The number of hydrogen-bond acceptors (Lipinski definition) is 1. The van der Waals surface area contributed by atoms with Crippen molar-refractivity contribution in [2.24, 2.45) is 0 Å². The summed E-state index contributed by atoms with van der Waals surface area (Å²) in [5.74, 6) is -1.35. The van der Waals surface area contributed by atoms with E-state index in [9.17, 15) is 5.26 Å². The quantitative estimate of drug-likeness (QED) is 0.198. The van der Waals surface area contributed by atoms with E-state index in [1.807, 2.05) is 48.5 Å². The molecule has 0 spiro atoms. The Labute approximate surface area is 265 Å². The second kappa shape index (κ2) is 10.2. The highest BCUT2D eigenvalue weighted by molar-refractivity contribution is 6.12. The second-order valence-electron chi connectivity index (χ2n) is 12.4. The maximum Gasteiger partial charge on any atom is 0.134 e. The molecule has 46 heavy (non-hydrogen) atoms. The Bertz CT molecular complexity index is 2330. The zero-order valence-corrected chi connectivity index (χ0v) is 25.9. The third kappa shape index (κ3) is 4.07. The normalized spacial score (nSPS) is 11.7. The number of nitrogens with zero attached hydrogens (tertiary/aromatic N) is 3. The number of fused-ring (bicyclic) bond motifs is 6. The fraction of sp³-hybridized carbons (Fsp3) is 0.0976. The number of nitriles is 1. The Morgan fingerprint density at radius 1 is 0.478 bits per heavy atom. The van der Waals surface area contributed by atoms with Crippen molar-refractivity contribution >= 4 is 43.6 Å². The Balaban J connectivity index is 1.63. The van der Waals surface area contributed by atoms with Gasteiger partial charge in [0.2, 0.25) is 0 Å². The molecule has 0 aliphatic carbocycles. The Morgan fingerprint density at radius 3 is 1.15 bits per heavy atom. The van der Waals surface area contributed by atoms with Gasteiger partial charge >= 0.3 is 0 Å². The fourth-order valence-corrected chi connectivity index (χ4v) is 7.04. The number of hydrogen-bond donors (Lipinski definition) is 0. The zero-order valence-electron chi connectivity index (χ0n) is 25.9. The molecule has 8 rings (SSSR count). The van der Waals surface area contributed by atoms with Crippen LogP contribution in [-0.2, 0) is 0 Å². The summed E-state index contributed by atoms with van der Waals surface area (Å²) in [5.41, 5.74) is 9.65. The highest BCUT2D eigenvalue weighted by Gasteiger charge is 2.26. The third-order valence-electron chi connectivity index (χ3n) is 9.07. The second-order valence-corrected chi connectivity index (χ2v) is 12.4. The Kier molecular flexibility index (Phi) is 6.13. The van der Waals surface area contributed by atoms with Crippen molar-refractivity contribution in [1.82, 2.24) is 9.13 Å². The largest absolute Gasteiger partial charge is 0.308 e. The van der Waals surface area contributed by atoms with E-state index < -0.39 is 11.6 Å². The van der Waals surface area contributed by atoms with E-state index in [4.69, 9.17) is 0 Å². The van der Waals surface area contributed by atoms with Crippen LogP contribution in [0, 0.1) is 50.7 Å². The molecule has 2 heterocycles. The Morgan fingerprint density at radius 2 is 0.826 bits per heavy atom. The minimum Gasteiger partial charge on any atom is -0.308 e. The summed E-state index contributed by atoms with van der Waals surface area (Å²) in [6, 6.07) is 34.8. The van der Waals surface area contributed by atoms with E-state index in [1.165, 1.54) is 18.2 Å². The van der Waals surface area contributed by atoms with E-state index >= 15 is 8.78 Å². The van der Waals surface area contributed by atoms with Crippen LogP contribution in [0.25, 0.3) is 66.1 Å². The van der Waals surface area contributed by atoms with Gasteiger partial charge in [0, 0.05) is 27.1 Å². The van der Waals surface area contributed by atoms with Gasteiger partial charge in [0.15, 0.2) is 0 Å². The molecule has 5 heteroatoms. The maximum atomic E-state index is 16.1. The summed E-state index contributed by atoms with van der Waals surface area (Å²) in [5, 5.41) is 14.6. The zero-order chi connectivity index (χ0) is 31.9. The first-order valence-electron chi connectivity index (χ1n) is 15.3. The Hall–Kier alpha value is -5.73. The van der Waals surface area contributed by atoms with Gasteiger partial charge in [-0.15, -0.1) is 0 Å². The van der Waals surface area contributed by atoms with Crippen LogP contribution in [-0.4, -0.2) is 9.13 Å². The molecule has 222 valence electrons. The van der Waals surface area contributed by atoms with Gasteiger partial charge in [-0.1, -0.05) is 52.6 Å². The molecule has 0 saturated carbocycles. The van der Waals surface area contributed by atoms with Crippen molar-refractivity contribution in [1.29, 1.82) is 5.26 Å². The molecule has 0 N–H and O–H groups in total. The first kappa shape index (κ1) is 27.8. The summed E-state index contributed by atoms with van der Waals surface area (Å²) in [6.45, 7) is 8.22. The van der Waals surface area contributed by atoms with Crippen LogP contribution in [0.2, 0.25) is 0 Å². The van der Waals surface area contributed by atoms with E-state index in [0.717, 1.165) is 65.9 Å². The monoisotopic (exact) mass is 601 g/mol. The predicted octanol–water partition coefficient (Wildman–Crippen LogP) is 10.9. The molecule has 0 saturated heterocycles. The summed E-state index contributed by atoms with van der Waals surface area (Å²) >= 11 is 0. The first-order valence-corrected chi connectivity index (χ1v) is 15.3. The average molecular weight is 602 g/mol. The molecule has 0 aliphatic heterocycles. The molecule has 0 fully saturated rings. The van der Waals surface area contributed by atoms with Gasteiger partial charge in [-0.05, 0) is 100 Å². The van der Waals surface area contributed by atoms with Crippen molar-refractivity contribution < 1.29 is 8.78 Å². The number of aromatic nitrogens is 2. The lowest BCUT2D eigenvalue weighted by atomic mass is 9.97. The number of aryl methyl sites for hydroxylation is 4. The average Bonchev–Trinajstić information content (AvgIpc) is 3.52. The summed E-state index contributed by atoms with van der Waals surface area (Å²) in [7, 11) is 0. The van der Waals surface area contributed by atoms with Gasteiger partial charge in [-0.3, -0.25) is 0 Å². The molecule has 2 aromatic heterocycles. The molecule has 0 atom stereocenters. The van der Waals surface area contributed by atoms with Crippen LogP contribution in [0.15, 0.2) is 103 Å². The van der Waals surface area contributed by atoms with Crippen molar-refractivity contribution in [3.8, 4) is 28.6 Å². The van der Waals surface area contributed by atoms with Crippen LogP contribution in [0.3, 0.4) is 0 Å².